The topological polar surface area (TPSA) is 62.1 Å². The van der Waals surface area contributed by atoms with E-state index in [4.69, 9.17) is 0 Å². The number of rotatable bonds is 5. The van der Waals surface area contributed by atoms with Crippen LogP contribution in [0.25, 0.3) is 0 Å². The molecule has 0 radical (unpaired) electrons. The van der Waals surface area contributed by atoms with Crippen LogP contribution < -0.4 is 4.90 Å². The normalized spacial score (nSPS) is 25.1. The van der Waals surface area contributed by atoms with Crippen LogP contribution in [0.2, 0.25) is 0 Å². The lowest BCUT2D eigenvalue weighted by Gasteiger charge is -2.34. The Morgan fingerprint density at radius 1 is 1.15 bits per heavy atom. The van der Waals surface area contributed by atoms with E-state index in [2.05, 4.69) is 0 Å². The average Bonchev–Trinajstić information content (AvgIpc) is 2.79. The second kappa shape index (κ2) is 7.53. The number of nitrogens with one attached hydrogen (secondary N) is 1. The Morgan fingerprint density at radius 3 is 2.58 bits per heavy atom. The lowest BCUT2D eigenvalue weighted by molar-refractivity contribution is -0.901. The van der Waals surface area contributed by atoms with Gasteiger partial charge in [0.25, 0.3) is 0 Å². The Labute approximate surface area is 152 Å². The summed E-state index contributed by atoms with van der Waals surface area (Å²) in [5.41, 5.74) is 0.769. The smallest absolute Gasteiger partial charge is 0.316 e. The van der Waals surface area contributed by atoms with E-state index in [0.717, 1.165) is 41.0 Å². The molecule has 2 fully saturated rings. The largest absolute Gasteiger partial charge is 0.338 e. The Kier molecular flexibility index (Phi) is 5.36. The summed E-state index contributed by atoms with van der Waals surface area (Å²) in [6, 6.07) is 5.51. The van der Waals surface area contributed by atoms with Crippen LogP contribution in [0.5, 0.6) is 0 Å². The summed E-state index contributed by atoms with van der Waals surface area (Å²) in [5.74, 6) is -1.59. The molecule has 1 aliphatic carbocycles. The molecule has 26 heavy (non-hydrogen) atoms. The predicted molar refractivity (Wildman–Crippen MR) is 92.4 cm³/mol. The molecule has 1 saturated carbocycles. The highest BCUT2D eigenvalue weighted by atomic mass is 19.1. The molecular weight excluding hydrogens is 337 g/mol. The van der Waals surface area contributed by atoms with Crippen molar-refractivity contribution in [3.63, 3.8) is 0 Å². The van der Waals surface area contributed by atoms with Crippen LogP contribution in [0.1, 0.15) is 38.2 Å². The second-order valence-electron chi connectivity index (χ2n) is 7.44. The lowest BCUT2D eigenvalue weighted by atomic mass is 9.85. The first-order valence-corrected chi connectivity index (χ1v) is 9.13. The monoisotopic (exact) mass is 362 g/mol. The highest BCUT2D eigenvalue weighted by Gasteiger charge is 2.50. The van der Waals surface area contributed by atoms with Crippen molar-refractivity contribution in [1.29, 1.82) is 0 Å². The van der Waals surface area contributed by atoms with Gasteiger partial charge in [0.05, 0.1) is 7.05 Å². The van der Waals surface area contributed by atoms with E-state index < -0.39 is 17.8 Å². The number of halogens is 1. The van der Waals surface area contributed by atoms with E-state index in [9.17, 15) is 18.8 Å². The van der Waals surface area contributed by atoms with Crippen molar-refractivity contribution in [1.82, 2.24) is 9.80 Å². The van der Waals surface area contributed by atoms with Gasteiger partial charge in [-0.2, -0.15) is 0 Å². The van der Waals surface area contributed by atoms with Gasteiger partial charge in [-0.15, -0.1) is 0 Å². The SMILES string of the molecule is C[C@H]1CCCC[C@H]1N1C(=O)C(=O)N(C[NH+](C)Cc2cccc(F)c2)C1=O. The first kappa shape index (κ1) is 18.5. The summed E-state index contributed by atoms with van der Waals surface area (Å²) in [5, 5.41) is 0. The molecule has 1 aromatic rings. The second-order valence-corrected chi connectivity index (χ2v) is 7.44. The maximum absolute atomic E-state index is 13.3. The molecule has 1 aliphatic heterocycles. The predicted octanol–water partition coefficient (Wildman–Crippen LogP) is 1.17. The number of imide groups is 2. The molecule has 1 aromatic carbocycles. The van der Waals surface area contributed by atoms with Crippen LogP contribution in [0, 0.1) is 11.7 Å². The van der Waals surface area contributed by atoms with Crippen LogP contribution >= 0.6 is 0 Å². The third-order valence-electron chi connectivity index (χ3n) is 5.30. The molecule has 3 rings (SSSR count). The number of carbonyl (C=O) groups excluding carboxylic acids is 3. The van der Waals surface area contributed by atoms with Gasteiger partial charge in [-0.05, 0) is 30.9 Å². The zero-order valence-corrected chi connectivity index (χ0v) is 15.2. The Bertz CT molecular complexity index is 724. The summed E-state index contributed by atoms with van der Waals surface area (Å²) < 4.78 is 13.3. The van der Waals surface area contributed by atoms with E-state index in [0.29, 0.717) is 6.54 Å². The zero-order chi connectivity index (χ0) is 18.8. The molecule has 3 atom stereocenters. The number of amides is 4. The molecule has 1 saturated heterocycles. The molecule has 0 spiro atoms. The van der Waals surface area contributed by atoms with E-state index >= 15 is 0 Å². The maximum Gasteiger partial charge on any atom is 0.338 e. The molecule has 4 amide bonds. The summed E-state index contributed by atoms with van der Waals surface area (Å²) in [6.07, 6.45) is 3.77. The molecule has 7 heteroatoms. The molecule has 0 aromatic heterocycles. The molecule has 1 heterocycles. The van der Waals surface area contributed by atoms with Gasteiger partial charge >= 0.3 is 17.8 Å². The number of benzene rings is 1. The minimum atomic E-state index is -0.758. The molecule has 140 valence electrons. The minimum absolute atomic E-state index is 0.0809. The third kappa shape index (κ3) is 3.62. The van der Waals surface area contributed by atoms with Crippen molar-refractivity contribution in [2.75, 3.05) is 13.7 Å². The molecule has 2 aliphatic rings. The quantitative estimate of drug-likeness (QED) is 0.632. The van der Waals surface area contributed by atoms with Crippen LogP contribution in [0.15, 0.2) is 24.3 Å². The Hall–Kier alpha value is -2.28. The van der Waals surface area contributed by atoms with E-state index in [1.165, 1.54) is 17.0 Å². The number of hydrogen-bond acceptors (Lipinski definition) is 3. The van der Waals surface area contributed by atoms with Gasteiger partial charge in [0.2, 0.25) is 0 Å². The first-order chi connectivity index (χ1) is 12.4. The number of urea groups is 1. The summed E-state index contributed by atoms with van der Waals surface area (Å²) in [6.45, 7) is 2.55. The van der Waals surface area contributed by atoms with E-state index in [1.807, 2.05) is 14.0 Å². The summed E-state index contributed by atoms with van der Waals surface area (Å²) in [7, 11) is 1.81. The number of quaternary nitrogens is 1. The Morgan fingerprint density at radius 2 is 1.88 bits per heavy atom. The average molecular weight is 362 g/mol. The summed E-state index contributed by atoms with van der Waals surface area (Å²) >= 11 is 0. The van der Waals surface area contributed by atoms with Crippen molar-refractivity contribution >= 4 is 17.8 Å². The minimum Gasteiger partial charge on any atom is -0.316 e. The zero-order valence-electron chi connectivity index (χ0n) is 15.2. The number of carbonyl (C=O) groups is 3. The molecule has 0 bridgehead atoms. The van der Waals surface area contributed by atoms with Gasteiger partial charge in [-0.1, -0.05) is 31.9 Å². The fraction of sp³-hybridized carbons (Fsp3) is 0.526. The molecule has 6 nitrogen and oxygen atoms in total. The van der Waals surface area contributed by atoms with Gasteiger partial charge in [0.1, 0.15) is 12.4 Å². The maximum atomic E-state index is 13.3. The van der Waals surface area contributed by atoms with Crippen molar-refractivity contribution in [3.8, 4) is 0 Å². The van der Waals surface area contributed by atoms with Crippen LogP contribution in [0.3, 0.4) is 0 Å². The van der Waals surface area contributed by atoms with Crippen molar-refractivity contribution in [2.24, 2.45) is 5.92 Å². The van der Waals surface area contributed by atoms with E-state index in [1.54, 1.807) is 12.1 Å². The van der Waals surface area contributed by atoms with Crippen molar-refractivity contribution in [3.05, 3.63) is 35.6 Å². The lowest BCUT2D eigenvalue weighted by Crippen LogP contribution is -3.09. The van der Waals surface area contributed by atoms with Crippen molar-refractivity contribution < 1.29 is 23.7 Å². The van der Waals surface area contributed by atoms with Gasteiger partial charge in [-0.25, -0.2) is 14.1 Å². The summed E-state index contributed by atoms with van der Waals surface area (Å²) in [4.78, 5) is 40.5. The van der Waals surface area contributed by atoms with Gasteiger partial charge in [-0.3, -0.25) is 14.5 Å². The Balaban J connectivity index is 1.69. The molecular formula is C19H25FN3O3+. The highest BCUT2D eigenvalue weighted by molar-refractivity contribution is 6.44. The van der Waals surface area contributed by atoms with E-state index in [-0.39, 0.29) is 24.4 Å². The van der Waals surface area contributed by atoms with Gasteiger partial charge in [0.15, 0.2) is 6.67 Å². The molecule has 1 N–H and O–H groups in total. The molecule has 1 unspecified atom stereocenters. The van der Waals surface area contributed by atoms with Gasteiger partial charge in [0, 0.05) is 11.6 Å². The number of hydrogen-bond donors (Lipinski definition) is 1. The van der Waals surface area contributed by atoms with Crippen LogP contribution in [0.4, 0.5) is 9.18 Å². The van der Waals surface area contributed by atoms with Gasteiger partial charge < -0.3 is 4.90 Å². The third-order valence-corrected chi connectivity index (χ3v) is 5.30. The standard InChI is InChI=1S/C19H24FN3O3/c1-13-6-3-4-9-16(13)23-18(25)17(24)22(19(23)26)12-21(2)11-14-7-5-8-15(20)10-14/h5,7-8,10,13,16H,3-4,6,9,11-12H2,1-2H3/p+1/t13-,16+/m0/s1. The fourth-order valence-corrected chi connectivity index (χ4v) is 3.96. The highest BCUT2D eigenvalue weighted by Crippen LogP contribution is 2.30. The first-order valence-electron chi connectivity index (χ1n) is 9.13. The van der Waals surface area contributed by atoms with Crippen LogP contribution in [-0.2, 0) is 16.1 Å². The van der Waals surface area contributed by atoms with Crippen molar-refractivity contribution in [2.45, 2.75) is 45.2 Å². The number of nitrogens with zero attached hydrogens (tertiary/aromatic N) is 2. The van der Waals surface area contributed by atoms with Crippen LogP contribution in [-0.4, -0.2) is 47.4 Å². The fourth-order valence-electron chi connectivity index (χ4n) is 3.96.